The van der Waals surface area contributed by atoms with Gasteiger partial charge in [-0.3, -0.25) is 29.1 Å². The lowest BCUT2D eigenvalue weighted by molar-refractivity contribution is -0.128. The predicted molar refractivity (Wildman–Crippen MR) is 121 cm³/mol. The first-order valence-corrected chi connectivity index (χ1v) is 12.2. The van der Waals surface area contributed by atoms with Crippen molar-refractivity contribution >= 4 is 46.1 Å². The molecule has 2 fully saturated rings. The van der Waals surface area contributed by atoms with Crippen molar-refractivity contribution in [2.24, 2.45) is 5.92 Å². The number of pyridine rings is 1. The average molecular weight is 474 g/mol. The highest BCUT2D eigenvalue weighted by atomic mass is 32.2. The van der Waals surface area contributed by atoms with Crippen LogP contribution in [0.5, 0.6) is 0 Å². The fourth-order valence-corrected chi connectivity index (χ4v) is 5.54. The van der Waals surface area contributed by atoms with Crippen molar-refractivity contribution in [3.05, 3.63) is 35.1 Å². The minimum atomic E-state index is -0.321. The van der Waals surface area contributed by atoms with E-state index in [9.17, 15) is 19.2 Å². The van der Waals surface area contributed by atoms with Gasteiger partial charge in [0.25, 0.3) is 11.1 Å². The van der Waals surface area contributed by atoms with Gasteiger partial charge in [-0.25, -0.2) is 4.98 Å². The highest BCUT2D eigenvalue weighted by Crippen LogP contribution is 2.29. The molecular formula is C21H23N5O4S2. The summed E-state index contributed by atoms with van der Waals surface area (Å²) in [5.74, 6) is -0.664. The van der Waals surface area contributed by atoms with Crippen molar-refractivity contribution in [3.63, 3.8) is 0 Å². The van der Waals surface area contributed by atoms with Crippen molar-refractivity contribution in [1.82, 2.24) is 25.1 Å². The van der Waals surface area contributed by atoms with Crippen LogP contribution in [-0.4, -0.2) is 74.7 Å². The number of rotatable bonds is 6. The summed E-state index contributed by atoms with van der Waals surface area (Å²) in [4.78, 5) is 61.2. The van der Waals surface area contributed by atoms with Crippen molar-refractivity contribution in [2.75, 3.05) is 31.9 Å². The summed E-state index contributed by atoms with van der Waals surface area (Å²) in [6.07, 6.45) is 4.83. The van der Waals surface area contributed by atoms with E-state index in [1.807, 2.05) is 19.1 Å². The maximum atomic E-state index is 13.2. The SMILES string of the molecule is Cc1nc(-c2cccnc2)sc1C(=O)N1CCCC(C(=O)NCCN2C(=O)CSC2=O)C1. The summed E-state index contributed by atoms with van der Waals surface area (Å²) in [5.41, 5.74) is 1.53. The number of nitrogens with zero attached hydrogens (tertiary/aromatic N) is 4. The lowest BCUT2D eigenvalue weighted by Gasteiger charge is -2.32. The van der Waals surface area contributed by atoms with Crippen molar-refractivity contribution in [1.29, 1.82) is 0 Å². The van der Waals surface area contributed by atoms with Crippen LogP contribution >= 0.6 is 23.1 Å². The molecule has 1 unspecified atom stereocenters. The van der Waals surface area contributed by atoms with Gasteiger partial charge >= 0.3 is 0 Å². The van der Waals surface area contributed by atoms with E-state index in [1.165, 1.54) is 11.3 Å². The molecule has 0 radical (unpaired) electrons. The molecule has 0 aromatic carbocycles. The Labute approximate surface area is 193 Å². The van der Waals surface area contributed by atoms with Gasteiger partial charge in [0.2, 0.25) is 11.8 Å². The molecule has 4 amide bonds. The van der Waals surface area contributed by atoms with E-state index >= 15 is 0 Å². The number of aryl methyl sites for hydroxylation is 1. The largest absolute Gasteiger partial charge is 0.354 e. The second-order valence-electron chi connectivity index (χ2n) is 7.66. The zero-order valence-corrected chi connectivity index (χ0v) is 19.2. The van der Waals surface area contributed by atoms with Crippen LogP contribution in [0.25, 0.3) is 10.6 Å². The topological polar surface area (TPSA) is 113 Å². The Hall–Kier alpha value is -2.79. The Kier molecular flexibility index (Phi) is 6.85. The maximum absolute atomic E-state index is 13.2. The van der Waals surface area contributed by atoms with E-state index in [4.69, 9.17) is 0 Å². The summed E-state index contributed by atoms with van der Waals surface area (Å²) in [5, 5.41) is 3.28. The van der Waals surface area contributed by atoms with Gasteiger partial charge in [0.05, 0.1) is 17.4 Å². The van der Waals surface area contributed by atoms with Crippen LogP contribution in [0.15, 0.2) is 24.5 Å². The zero-order chi connectivity index (χ0) is 22.7. The fourth-order valence-electron chi connectivity index (χ4n) is 3.76. The van der Waals surface area contributed by atoms with E-state index in [0.29, 0.717) is 30.1 Å². The maximum Gasteiger partial charge on any atom is 0.288 e. The minimum absolute atomic E-state index is 0.113. The normalized spacial score (nSPS) is 18.8. The first-order valence-electron chi connectivity index (χ1n) is 10.4. The molecule has 2 saturated heterocycles. The Balaban J connectivity index is 1.35. The molecule has 0 spiro atoms. The zero-order valence-electron chi connectivity index (χ0n) is 17.6. The van der Waals surface area contributed by atoms with Gasteiger partial charge in [0, 0.05) is 44.1 Å². The number of thioether (sulfide) groups is 1. The number of amides is 4. The number of imide groups is 1. The Morgan fingerprint density at radius 3 is 2.88 bits per heavy atom. The fraction of sp³-hybridized carbons (Fsp3) is 0.429. The number of hydrogen-bond donors (Lipinski definition) is 1. The van der Waals surface area contributed by atoms with Crippen LogP contribution in [0.4, 0.5) is 4.79 Å². The highest BCUT2D eigenvalue weighted by molar-refractivity contribution is 8.14. The minimum Gasteiger partial charge on any atom is -0.354 e. The Morgan fingerprint density at radius 2 is 2.16 bits per heavy atom. The van der Waals surface area contributed by atoms with Crippen LogP contribution in [-0.2, 0) is 9.59 Å². The molecule has 1 atom stereocenters. The molecule has 0 bridgehead atoms. The summed E-state index contributed by atoms with van der Waals surface area (Å²) in [7, 11) is 0. The van der Waals surface area contributed by atoms with Crippen molar-refractivity contribution in [3.8, 4) is 10.6 Å². The van der Waals surface area contributed by atoms with Crippen LogP contribution < -0.4 is 5.32 Å². The van der Waals surface area contributed by atoms with Crippen LogP contribution in [0.3, 0.4) is 0 Å². The molecule has 4 heterocycles. The first kappa shape index (κ1) is 22.4. The van der Waals surface area contributed by atoms with Gasteiger partial charge in [-0.15, -0.1) is 11.3 Å². The van der Waals surface area contributed by atoms with E-state index in [1.54, 1.807) is 17.3 Å². The number of carbonyl (C=O) groups is 4. The third-order valence-electron chi connectivity index (χ3n) is 5.45. The molecule has 0 saturated carbocycles. The van der Waals surface area contributed by atoms with E-state index in [2.05, 4.69) is 15.3 Å². The molecule has 2 aromatic heterocycles. The third-order valence-corrected chi connectivity index (χ3v) is 7.51. The standard InChI is InChI=1S/C21H23N5O4S2/c1-13-17(32-19(24-13)14-4-2-6-22-10-14)20(29)25-8-3-5-15(11-25)18(28)23-7-9-26-16(27)12-31-21(26)30/h2,4,6,10,15H,3,5,7-9,11-12H2,1H3,(H,23,28). The molecule has 1 N–H and O–H groups in total. The van der Waals surface area contributed by atoms with Gasteiger partial charge in [-0.2, -0.15) is 0 Å². The smallest absolute Gasteiger partial charge is 0.288 e. The number of piperidine rings is 1. The number of hydrogen-bond acceptors (Lipinski definition) is 8. The first-order chi connectivity index (χ1) is 15.4. The summed E-state index contributed by atoms with van der Waals surface area (Å²) < 4.78 is 0. The monoisotopic (exact) mass is 473 g/mol. The van der Waals surface area contributed by atoms with E-state index in [0.717, 1.165) is 33.7 Å². The predicted octanol–water partition coefficient (Wildman–Crippen LogP) is 2.18. The van der Waals surface area contributed by atoms with Gasteiger partial charge in [-0.1, -0.05) is 11.8 Å². The summed E-state index contributed by atoms with van der Waals surface area (Å²) in [6, 6.07) is 3.73. The van der Waals surface area contributed by atoms with Crippen molar-refractivity contribution < 1.29 is 19.2 Å². The summed E-state index contributed by atoms with van der Waals surface area (Å²) >= 11 is 2.31. The van der Waals surface area contributed by atoms with Crippen LogP contribution in [0.2, 0.25) is 0 Å². The molecule has 2 aliphatic rings. The summed E-state index contributed by atoms with van der Waals surface area (Å²) in [6.45, 7) is 3.13. The third kappa shape index (κ3) is 4.83. The number of aromatic nitrogens is 2. The van der Waals surface area contributed by atoms with Gasteiger partial charge in [-0.05, 0) is 31.9 Å². The van der Waals surface area contributed by atoms with Crippen LogP contribution in [0.1, 0.15) is 28.2 Å². The lowest BCUT2D eigenvalue weighted by Crippen LogP contribution is -2.46. The quantitative estimate of drug-likeness (QED) is 0.684. The molecule has 11 heteroatoms. The van der Waals surface area contributed by atoms with Gasteiger partial charge in [0.15, 0.2) is 0 Å². The molecule has 4 rings (SSSR count). The second-order valence-corrected chi connectivity index (χ2v) is 9.58. The number of likely N-dealkylation sites (tertiary alicyclic amines) is 1. The lowest BCUT2D eigenvalue weighted by atomic mass is 9.97. The van der Waals surface area contributed by atoms with E-state index < -0.39 is 0 Å². The molecule has 0 aliphatic carbocycles. The second kappa shape index (κ2) is 9.78. The molecule has 32 heavy (non-hydrogen) atoms. The van der Waals surface area contributed by atoms with Gasteiger partial charge < -0.3 is 10.2 Å². The molecular weight excluding hydrogens is 450 g/mol. The Bertz CT molecular complexity index is 1030. The number of carbonyl (C=O) groups excluding carboxylic acids is 4. The molecule has 9 nitrogen and oxygen atoms in total. The van der Waals surface area contributed by atoms with Gasteiger partial charge in [0.1, 0.15) is 9.88 Å². The molecule has 2 aliphatic heterocycles. The molecule has 2 aromatic rings. The molecule has 168 valence electrons. The Morgan fingerprint density at radius 1 is 1.31 bits per heavy atom. The van der Waals surface area contributed by atoms with Crippen molar-refractivity contribution in [2.45, 2.75) is 19.8 Å². The average Bonchev–Trinajstić information content (AvgIpc) is 3.36. The highest BCUT2D eigenvalue weighted by Gasteiger charge is 2.32. The number of nitrogens with one attached hydrogen (secondary N) is 1. The van der Waals surface area contributed by atoms with Crippen LogP contribution in [0, 0.1) is 12.8 Å². The van der Waals surface area contributed by atoms with E-state index in [-0.39, 0.29) is 47.7 Å². The number of thiazole rings is 1.